The van der Waals surface area contributed by atoms with Crippen LogP contribution in [0.2, 0.25) is 0 Å². The lowest BCUT2D eigenvalue weighted by Gasteiger charge is -2.08. The minimum atomic E-state index is -0.557. The van der Waals surface area contributed by atoms with Crippen molar-refractivity contribution < 1.29 is 13.2 Å². The van der Waals surface area contributed by atoms with Gasteiger partial charge in [0.1, 0.15) is 17.2 Å². The number of hydrogen-bond donors (Lipinski definition) is 1. The molecule has 0 spiro atoms. The molecule has 0 saturated carbocycles. The van der Waals surface area contributed by atoms with Crippen molar-refractivity contribution in [2.75, 3.05) is 5.32 Å². The lowest BCUT2D eigenvalue weighted by molar-refractivity contribution is 0.538. The van der Waals surface area contributed by atoms with E-state index in [1.165, 1.54) is 18.2 Å². The standard InChI is InChI=1S/C16H14F2N2O/c1-2-16-20-14-8-10(6-7-15(14)21-16)19-9-11-12(17)4-3-5-13(11)18/h3-8,19H,2,9H2,1H3. The van der Waals surface area contributed by atoms with Crippen LogP contribution in [0.25, 0.3) is 11.1 Å². The largest absolute Gasteiger partial charge is 0.441 e. The van der Waals surface area contributed by atoms with Crippen LogP contribution < -0.4 is 5.32 Å². The SMILES string of the molecule is CCc1nc2cc(NCc3c(F)cccc3F)ccc2o1. The van der Waals surface area contributed by atoms with E-state index >= 15 is 0 Å². The summed E-state index contributed by atoms with van der Waals surface area (Å²) in [6.45, 7) is 2.04. The minimum Gasteiger partial charge on any atom is -0.441 e. The molecule has 3 rings (SSSR count). The highest BCUT2D eigenvalue weighted by Gasteiger charge is 2.09. The van der Waals surface area contributed by atoms with E-state index < -0.39 is 11.6 Å². The van der Waals surface area contributed by atoms with Crippen LogP contribution in [0, 0.1) is 11.6 Å². The van der Waals surface area contributed by atoms with Crippen LogP contribution in [0.15, 0.2) is 40.8 Å². The number of hydrogen-bond acceptors (Lipinski definition) is 3. The Morgan fingerprint density at radius 2 is 1.90 bits per heavy atom. The molecule has 2 aromatic carbocycles. The van der Waals surface area contributed by atoms with Crippen molar-refractivity contribution >= 4 is 16.8 Å². The number of nitrogens with zero attached hydrogens (tertiary/aromatic N) is 1. The summed E-state index contributed by atoms with van der Waals surface area (Å²) >= 11 is 0. The summed E-state index contributed by atoms with van der Waals surface area (Å²) in [7, 11) is 0. The first-order valence-electron chi connectivity index (χ1n) is 6.73. The summed E-state index contributed by atoms with van der Waals surface area (Å²) < 4.78 is 32.6. The second kappa shape index (κ2) is 5.52. The zero-order chi connectivity index (χ0) is 14.8. The maximum absolute atomic E-state index is 13.5. The van der Waals surface area contributed by atoms with Crippen LogP contribution in [0.1, 0.15) is 18.4 Å². The Morgan fingerprint density at radius 3 is 2.62 bits per heavy atom. The summed E-state index contributed by atoms with van der Waals surface area (Å²) in [5, 5.41) is 3.00. The number of anilines is 1. The Bertz CT molecular complexity index is 763. The van der Waals surface area contributed by atoms with Gasteiger partial charge in [0.25, 0.3) is 0 Å². The molecule has 0 radical (unpaired) electrons. The van der Waals surface area contributed by atoms with E-state index in [2.05, 4.69) is 10.3 Å². The first-order chi connectivity index (χ1) is 10.2. The van der Waals surface area contributed by atoms with E-state index in [0.717, 1.165) is 17.6 Å². The normalized spacial score (nSPS) is 11.0. The van der Waals surface area contributed by atoms with Gasteiger partial charge in [-0.2, -0.15) is 0 Å². The second-order valence-corrected chi connectivity index (χ2v) is 4.70. The van der Waals surface area contributed by atoms with Gasteiger partial charge in [-0.3, -0.25) is 0 Å². The summed E-state index contributed by atoms with van der Waals surface area (Å²) in [5.41, 5.74) is 2.19. The molecular weight excluding hydrogens is 274 g/mol. The van der Waals surface area contributed by atoms with Gasteiger partial charge in [0.2, 0.25) is 0 Å². The van der Waals surface area contributed by atoms with E-state index in [4.69, 9.17) is 4.42 Å². The average molecular weight is 288 g/mol. The van der Waals surface area contributed by atoms with Crippen molar-refractivity contribution in [3.63, 3.8) is 0 Å². The Kier molecular flexibility index (Phi) is 3.56. The highest BCUT2D eigenvalue weighted by Crippen LogP contribution is 2.21. The molecule has 0 unspecified atom stereocenters. The summed E-state index contributed by atoms with van der Waals surface area (Å²) in [6, 6.07) is 9.23. The fourth-order valence-electron chi connectivity index (χ4n) is 2.13. The molecule has 5 heteroatoms. The molecule has 1 aromatic heterocycles. The number of oxazole rings is 1. The predicted octanol–water partition coefficient (Wildman–Crippen LogP) is 4.28. The van der Waals surface area contributed by atoms with Crippen LogP contribution in [-0.4, -0.2) is 4.98 Å². The van der Waals surface area contributed by atoms with Gasteiger partial charge >= 0.3 is 0 Å². The maximum Gasteiger partial charge on any atom is 0.195 e. The highest BCUT2D eigenvalue weighted by atomic mass is 19.1. The zero-order valence-corrected chi connectivity index (χ0v) is 11.5. The zero-order valence-electron chi connectivity index (χ0n) is 11.5. The van der Waals surface area contributed by atoms with Crippen LogP contribution in [0.3, 0.4) is 0 Å². The molecular formula is C16H14F2N2O. The number of aryl methyl sites for hydroxylation is 1. The van der Waals surface area contributed by atoms with Crippen molar-refractivity contribution in [3.8, 4) is 0 Å². The number of rotatable bonds is 4. The van der Waals surface area contributed by atoms with E-state index in [9.17, 15) is 8.78 Å². The van der Waals surface area contributed by atoms with E-state index in [1.807, 2.05) is 6.92 Å². The average Bonchev–Trinajstić information content (AvgIpc) is 2.89. The second-order valence-electron chi connectivity index (χ2n) is 4.70. The molecule has 1 N–H and O–H groups in total. The Morgan fingerprint density at radius 1 is 1.14 bits per heavy atom. The Labute approximate surface area is 120 Å². The van der Waals surface area contributed by atoms with E-state index in [0.29, 0.717) is 11.5 Å². The van der Waals surface area contributed by atoms with Gasteiger partial charge in [-0.15, -0.1) is 0 Å². The van der Waals surface area contributed by atoms with Gasteiger partial charge in [0.05, 0.1) is 0 Å². The molecule has 3 aromatic rings. The van der Waals surface area contributed by atoms with Gasteiger partial charge in [-0.25, -0.2) is 13.8 Å². The number of nitrogens with one attached hydrogen (secondary N) is 1. The first-order valence-corrected chi connectivity index (χ1v) is 6.73. The number of aromatic nitrogens is 1. The van der Waals surface area contributed by atoms with Gasteiger partial charge in [0.15, 0.2) is 11.5 Å². The molecule has 1 heterocycles. The molecule has 0 bridgehead atoms. The molecule has 0 aliphatic heterocycles. The maximum atomic E-state index is 13.5. The Balaban J connectivity index is 1.82. The number of benzene rings is 2. The van der Waals surface area contributed by atoms with E-state index in [1.54, 1.807) is 18.2 Å². The van der Waals surface area contributed by atoms with Crippen LogP contribution in [-0.2, 0) is 13.0 Å². The van der Waals surface area contributed by atoms with Crippen molar-refractivity contribution in [2.24, 2.45) is 0 Å². The molecule has 3 nitrogen and oxygen atoms in total. The smallest absolute Gasteiger partial charge is 0.195 e. The topological polar surface area (TPSA) is 38.1 Å². The summed E-state index contributed by atoms with van der Waals surface area (Å²) in [5.74, 6) is -0.445. The number of halogens is 2. The van der Waals surface area contributed by atoms with Crippen molar-refractivity contribution in [1.29, 1.82) is 0 Å². The molecule has 0 amide bonds. The lowest BCUT2D eigenvalue weighted by Crippen LogP contribution is -2.04. The Hall–Kier alpha value is -2.43. The van der Waals surface area contributed by atoms with Crippen molar-refractivity contribution in [3.05, 3.63) is 59.5 Å². The molecule has 21 heavy (non-hydrogen) atoms. The third-order valence-electron chi connectivity index (χ3n) is 3.27. The third kappa shape index (κ3) is 2.72. The minimum absolute atomic E-state index is 0.0204. The van der Waals surface area contributed by atoms with E-state index in [-0.39, 0.29) is 12.1 Å². The molecule has 0 saturated heterocycles. The van der Waals surface area contributed by atoms with Crippen LogP contribution >= 0.6 is 0 Å². The summed E-state index contributed by atoms with van der Waals surface area (Å²) in [4.78, 5) is 4.33. The predicted molar refractivity (Wildman–Crippen MR) is 77.1 cm³/mol. The summed E-state index contributed by atoms with van der Waals surface area (Å²) in [6.07, 6.45) is 0.720. The van der Waals surface area contributed by atoms with Gasteiger partial charge in [-0.05, 0) is 30.3 Å². The molecule has 0 atom stereocenters. The van der Waals surface area contributed by atoms with Gasteiger partial charge < -0.3 is 9.73 Å². The van der Waals surface area contributed by atoms with Crippen molar-refractivity contribution in [1.82, 2.24) is 4.98 Å². The van der Waals surface area contributed by atoms with Gasteiger partial charge in [-0.1, -0.05) is 13.0 Å². The fraction of sp³-hybridized carbons (Fsp3) is 0.188. The molecule has 0 aliphatic rings. The highest BCUT2D eigenvalue weighted by molar-refractivity contribution is 5.77. The van der Waals surface area contributed by atoms with Crippen LogP contribution in [0.4, 0.5) is 14.5 Å². The third-order valence-corrected chi connectivity index (χ3v) is 3.27. The lowest BCUT2D eigenvalue weighted by atomic mass is 10.2. The quantitative estimate of drug-likeness (QED) is 0.778. The van der Waals surface area contributed by atoms with Crippen LogP contribution in [0.5, 0.6) is 0 Å². The molecule has 0 fully saturated rings. The van der Waals surface area contributed by atoms with Gasteiger partial charge in [0, 0.05) is 24.2 Å². The van der Waals surface area contributed by atoms with Crippen molar-refractivity contribution in [2.45, 2.75) is 19.9 Å². The fourth-order valence-corrected chi connectivity index (χ4v) is 2.13. The molecule has 108 valence electrons. The monoisotopic (exact) mass is 288 g/mol. The first kappa shape index (κ1) is 13.5. The number of fused-ring (bicyclic) bond motifs is 1. The molecule has 0 aliphatic carbocycles.